The standard InChI is InChI=1S/C18H24N2O/c1-12-8-13(2)14(3)17(9-12)21-16-6-7-18(10-16,11-19)20-15-4-5-15/h8-9,15-16,20H,4-7,10H2,1-3H3. The highest BCUT2D eigenvalue weighted by atomic mass is 16.5. The minimum atomic E-state index is -0.362. The van der Waals surface area contributed by atoms with E-state index in [9.17, 15) is 5.26 Å². The maximum absolute atomic E-state index is 9.55. The lowest BCUT2D eigenvalue weighted by Gasteiger charge is -2.23. The van der Waals surface area contributed by atoms with Crippen LogP contribution in [0.2, 0.25) is 0 Å². The Bertz CT molecular complexity index is 586. The van der Waals surface area contributed by atoms with Gasteiger partial charge in [-0.25, -0.2) is 0 Å². The minimum absolute atomic E-state index is 0.149. The van der Waals surface area contributed by atoms with Gasteiger partial charge < -0.3 is 4.74 Å². The number of hydrogen-bond acceptors (Lipinski definition) is 3. The molecular weight excluding hydrogens is 260 g/mol. The smallest absolute Gasteiger partial charge is 0.123 e. The third-order valence-corrected chi connectivity index (χ3v) is 4.80. The first-order valence-corrected chi connectivity index (χ1v) is 7.95. The first-order valence-electron chi connectivity index (χ1n) is 7.95. The quantitative estimate of drug-likeness (QED) is 0.919. The van der Waals surface area contributed by atoms with Gasteiger partial charge in [0.2, 0.25) is 0 Å². The van der Waals surface area contributed by atoms with Gasteiger partial charge in [-0.05, 0) is 69.2 Å². The van der Waals surface area contributed by atoms with Gasteiger partial charge in [0.25, 0.3) is 0 Å². The van der Waals surface area contributed by atoms with E-state index in [0.717, 1.165) is 25.0 Å². The van der Waals surface area contributed by atoms with Gasteiger partial charge in [0.1, 0.15) is 17.4 Å². The van der Waals surface area contributed by atoms with Crippen LogP contribution in [0.3, 0.4) is 0 Å². The zero-order valence-corrected chi connectivity index (χ0v) is 13.2. The molecule has 0 spiro atoms. The fourth-order valence-corrected chi connectivity index (χ4v) is 3.29. The third-order valence-electron chi connectivity index (χ3n) is 4.80. The fourth-order valence-electron chi connectivity index (χ4n) is 3.29. The first-order chi connectivity index (χ1) is 10.0. The average Bonchev–Trinajstić information content (AvgIpc) is 3.16. The summed E-state index contributed by atoms with van der Waals surface area (Å²) >= 11 is 0. The molecule has 1 aromatic carbocycles. The van der Waals surface area contributed by atoms with E-state index >= 15 is 0 Å². The molecule has 3 heteroatoms. The van der Waals surface area contributed by atoms with Crippen LogP contribution in [-0.4, -0.2) is 17.7 Å². The molecule has 0 amide bonds. The highest BCUT2D eigenvalue weighted by Gasteiger charge is 2.43. The Morgan fingerprint density at radius 2 is 2.00 bits per heavy atom. The normalized spacial score (nSPS) is 28.4. The van der Waals surface area contributed by atoms with Gasteiger partial charge >= 0.3 is 0 Å². The number of rotatable bonds is 4. The largest absolute Gasteiger partial charge is 0.490 e. The SMILES string of the molecule is Cc1cc(C)c(C)c(OC2CCC(C#N)(NC3CC3)C2)c1. The zero-order valence-electron chi connectivity index (χ0n) is 13.2. The summed E-state index contributed by atoms with van der Waals surface area (Å²) in [5.74, 6) is 0.984. The average molecular weight is 284 g/mol. The molecular formula is C18H24N2O. The summed E-state index contributed by atoms with van der Waals surface area (Å²) in [5.41, 5.74) is 3.35. The molecule has 2 aliphatic carbocycles. The molecule has 0 heterocycles. The zero-order chi connectivity index (χ0) is 15.0. The molecule has 2 aliphatic rings. The summed E-state index contributed by atoms with van der Waals surface area (Å²) in [4.78, 5) is 0. The van der Waals surface area contributed by atoms with Crippen molar-refractivity contribution in [1.29, 1.82) is 5.26 Å². The third kappa shape index (κ3) is 3.06. The molecule has 1 aromatic rings. The number of nitriles is 1. The van der Waals surface area contributed by atoms with E-state index in [1.54, 1.807) is 0 Å². The highest BCUT2D eigenvalue weighted by Crippen LogP contribution is 2.36. The van der Waals surface area contributed by atoms with Gasteiger partial charge in [0.05, 0.1) is 6.07 Å². The summed E-state index contributed by atoms with van der Waals surface area (Å²) < 4.78 is 6.24. The van der Waals surface area contributed by atoms with Crippen LogP contribution in [0.25, 0.3) is 0 Å². The second kappa shape index (κ2) is 5.35. The van der Waals surface area contributed by atoms with Crippen LogP contribution >= 0.6 is 0 Å². The van der Waals surface area contributed by atoms with Crippen LogP contribution in [0.1, 0.15) is 48.8 Å². The van der Waals surface area contributed by atoms with Crippen molar-refractivity contribution in [2.24, 2.45) is 0 Å². The molecule has 2 saturated carbocycles. The molecule has 1 N–H and O–H groups in total. The molecule has 0 aromatic heterocycles. The summed E-state index contributed by atoms with van der Waals surface area (Å²) in [6, 6.07) is 7.37. The summed E-state index contributed by atoms with van der Waals surface area (Å²) in [6.45, 7) is 6.33. The van der Waals surface area contributed by atoms with Crippen molar-refractivity contribution in [2.75, 3.05) is 0 Å². The molecule has 0 aliphatic heterocycles. The molecule has 2 atom stereocenters. The van der Waals surface area contributed by atoms with Crippen molar-refractivity contribution in [3.63, 3.8) is 0 Å². The lowest BCUT2D eigenvalue weighted by Crippen LogP contribution is -2.43. The second-order valence-corrected chi connectivity index (χ2v) is 6.80. The number of nitrogens with one attached hydrogen (secondary N) is 1. The van der Waals surface area contributed by atoms with Crippen LogP contribution < -0.4 is 10.1 Å². The Hall–Kier alpha value is -1.53. The molecule has 0 bridgehead atoms. The molecule has 2 unspecified atom stereocenters. The molecule has 3 rings (SSSR count). The van der Waals surface area contributed by atoms with Crippen molar-refractivity contribution in [3.8, 4) is 11.8 Å². The van der Waals surface area contributed by atoms with Crippen LogP contribution in [-0.2, 0) is 0 Å². The predicted molar refractivity (Wildman–Crippen MR) is 83.4 cm³/mol. The van der Waals surface area contributed by atoms with Gasteiger partial charge in [-0.2, -0.15) is 5.26 Å². The number of ether oxygens (including phenoxy) is 1. The van der Waals surface area contributed by atoms with Crippen LogP contribution in [0.5, 0.6) is 5.75 Å². The van der Waals surface area contributed by atoms with Crippen LogP contribution in [0.15, 0.2) is 12.1 Å². The fraction of sp³-hybridized carbons (Fsp3) is 0.611. The number of nitrogens with zero attached hydrogens (tertiary/aromatic N) is 1. The monoisotopic (exact) mass is 284 g/mol. The van der Waals surface area contributed by atoms with E-state index in [0.29, 0.717) is 6.04 Å². The van der Waals surface area contributed by atoms with Gasteiger partial charge in [0, 0.05) is 12.5 Å². The Morgan fingerprint density at radius 1 is 1.24 bits per heavy atom. The van der Waals surface area contributed by atoms with Gasteiger partial charge in [-0.15, -0.1) is 0 Å². The second-order valence-electron chi connectivity index (χ2n) is 6.80. The summed E-state index contributed by atoms with van der Waals surface area (Å²) in [6.07, 6.45) is 5.23. The topological polar surface area (TPSA) is 45.0 Å². The number of aryl methyl sites for hydroxylation is 2. The Morgan fingerprint density at radius 3 is 2.67 bits per heavy atom. The Labute approximate surface area is 127 Å². The maximum atomic E-state index is 9.55. The predicted octanol–water partition coefficient (Wildman–Crippen LogP) is 3.56. The minimum Gasteiger partial charge on any atom is -0.490 e. The van der Waals surface area contributed by atoms with Crippen LogP contribution in [0.4, 0.5) is 0 Å². The molecule has 0 radical (unpaired) electrons. The van der Waals surface area contributed by atoms with Gasteiger partial charge in [-0.3, -0.25) is 5.32 Å². The van der Waals surface area contributed by atoms with Crippen molar-refractivity contribution in [3.05, 3.63) is 28.8 Å². The van der Waals surface area contributed by atoms with E-state index in [-0.39, 0.29) is 11.6 Å². The Balaban J connectivity index is 1.71. The molecule has 21 heavy (non-hydrogen) atoms. The number of hydrogen-bond donors (Lipinski definition) is 1. The van der Waals surface area contributed by atoms with Crippen molar-refractivity contribution in [2.45, 2.75) is 70.6 Å². The van der Waals surface area contributed by atoms with Crippen molar-refractivity contribution >= 4 is 0 Å². The van der Waals surface area contributed by atoms with E-state index in [1.807, 2.05) is 0 Å². The highest BCUT2D eigenvalue weighted by molar-refractivity contribution is 5.42. The van der Waals surface area contributed by atoms with E-state index < -0.39 is 0 Å². The molecule has 0 saturated heterocycles. The number of benzene rings is 1. The molecule has 2 fully saturated rings. The lowest BCUT2D eigenvalue weighted by atomic mass is 9.99. The Kier molecular flexibility index (Phi) is 3.67. The molecule has 112 valence electrons. The summed E-state index contributed by atoms with van der Waals surface area (Å²) in [7, 11) is 0. The van der Waals surface area contributed by atoms with Gasteiger partial charge in [0.15, 0.2) is 0 Å². The first kappa shape index (κ1) is 14.4. The molecule has 3 nitrogen and oxygen atoms in total. The maximum Gasteiger partial charge on any atom is 0.123 e. The van der Waals surface area contributed by atoms with E-state index in [1.165, 1.54) is 29.5 Å². The van der Waals surface area contributed by atoms with E-state index in [4.69, 9.17) is 4.74 Å². The van der Waals surface area contributed by atoms with E-state index in [2.05, 4.69) is 44.3 Å². The van der Waals surface area contributed by atoms with Crippen LogP contribution in [0, 0.1) is 32.1 Å². The summed E-state index contributed by atoms with van der Waals surface area (Å²) in [5, 5.41) is 13.1. The van der Waals surface area contributed by atoms with Gasteiger partial charge in [-0.1, -0.05) is 6.07 Å². The van der Waals surface area contributed by atoms with Crippen molar-refractivity contribution < 1.29 is 4.74 Å². The lowest BCUT2D eigenvalue weighted by molar-refractivity contribution is 0.199. The van der Waals surface area contributed by atoms with Crippen molar-refractivity contribution in [1.82, 2.24) is 5.32 Å².